The minimum absolute atomic E-state index is 0.0530. The van der Waals surface area contributed by atoms with Crippen LogP contribution in [-0.2, 0) is 6.42 Å². The predicted molar refractivity (Wildman–Crippen MR) is 118 cm³/mol. The fourth-order valence-corrected chi connectivity index (χ4v) is 6.95. The van der Waals surface area contributed by atoms with Crippen molar-refractivity contribution in [2.45, 2.75) is 57.0 Å². The third kappa shape index (κ3) is 2.89. The van der Waals surface area contributed by atoms with E-state index in [2.05, 4.69) is 56.3 Å². The number of rotatable bonds is 2. The highest BCUT2D eigenvalue weighted by atomic mass is 16.3. The van der Waals surface area contributed by atoms with Crippen molar-refractivity contribution in [3.05, 3.63) is 59.2 Å². The Kier molecular flexibility index (Phi) is 4.43. The zero-order valence-corrected chi connectivity index (χ0v) is 17.8. The molecule has 3 aliphatic rings. The molecular formula is C26H33NO2. The maximum absolute atomic E-state index is 10.8. The van der Waals surface area contributed by atoms with Gasteiger partial charge in [-0.15, -0.1) is 0 Å². The fraction of sp³-hybridized carbons (Fsp3) is 0.538. The lowest BCUT2D eigenvalue weighted by Gasteiger charge is -2.53. The molecule has 2 aromatic carbocycles. The Hall–Kier alpha value is -2.00. The monoisotopic (exact) mass is 391 g/mol. The van der Waals surface area contributed by atoms with Crippen molar-refractivity contribution in [3.63, 3.8) is 0 Å². The lowest BCUT2D eigenvalue weighted by Crippen LogP contribution is -2.46. The van der Waals surface area contributed by atoms with E-state index >= 15 is 0 Å². The van der Waals surface area contributed by atoms with Crippen molar-refractivity contribution in [3.8, 4) is 5.75 Å². The normalized spacial score (nSPS) is 35.5. The molecule has 0 aliphatic heterocycles. The van der Waals surface area contributed by atoms with Crippen molar-refractivity contribution in [1.82, 2.24) is 0 Å². The van der Waals surface area contributed by atoms with Gasteiger partial charge < -0.3 is 15.1 Å². The molecule has 0 unspecified atom stereocenters. The number of phenolic OH excluding ortho intramolecular Hbond substituents is 1. The van der Waals surface area contributed by atoms with Crippen LogP contribution in [0, 0.1) is 17.3 Å². The predicted octanol–water partition coefficient (Wildman–Crippen LogP) is 5.07. The molecule has 3 nitrogen and oxygen atoms in total. The average molecular weight is 392 g/mol. The molecule has 0 aromatic heterocycles. The number of aromatic hydroxyl groups is 1. The average Bonchev–Trinajstić information content (AvgIpc) is 3.02. The van der Waals surface area contributed by atoms with Crippen molar-refractivity contribution < 1.29 is 10.2 Å². The van der Waals surface area contributed by atoms with E-state index in [9.17, 15) is 10.2 Å². The maximum atomic E-state index is 10.8. The molecule has 6 atom stereocenters. The molecule has 0 heterocycles. The lowest BCUT2D eigenvalue weighted by atomic mass is 9.51. The molecule has 0 bridgehead atoms. The molecule has 5 rings (SSSR count). The SMILES string of the molecule is CN(C)c1ccc([C@@H]2Cc3cc(O)ccc3[C@H]3CC[C@]4(C)[C@@H](O)CC[C@H]4[C@@H]32)cc1. The van der Waals surface area contributed by atoms with Crippen molar-refractivity contribution in [1.29, 1.82) is 0 Å². The van der Waals surface area contributed by atoms with Gasteiger partial charge in [0.25, 0.3) is 0 Å². The van der Waals surface area contributed by atoms with Gasteiger partial charge in [0.1, 0.15) is 5.75 Å². The highest BCUT2D eigenvalue weighted by molar-refractivity contribution is 5.49. The number of anilines is 1. The van der Waals surface area contributed by atoms with Crippen molar-refractivity contribution >= 4 is 5.69 Å². The molecule has 2 fully saturated rings. The van der Waals surface area contributed by atoms with E-state index in [0.29, 0.717) is 29.4 Å². The van der Waals surface area contributed by atoms with Gasteiger partial charge in [0, 0.05) is 19.8 Å². The van der Waals surface area contributed by atoms with E-state index in [1.165, 1.54) is 22.4 Å². The first-order chi connectivity index (χ1) is 13.9. The molecule has 0 radical (unpaired) electrons. The van der Waals surface area contributed by atoms with Crippen LogP contribution in [-0.4, -0.2) is 30.4 Å². The first-order valence-corrected chi connectivity index (χ1v) is 11.2. The van der Waals surface area contributed by atoms with Gasteiger partial charge >= 0.3 is 0 Å². The topological polar surface area (TPSA) is 43.7 Å². The number of hydrogen-bond donors (Lipinski definition) is 2. The number of aliphatic hydroxyl groups excluding tert-OH is 1. The summed E-state index contributed by atoms with van der Waals surface area (Å²) in [6.07, 6.45) is 5.14. The van der Waals surface area contributed by atoms with Crippen molar-refractivity contribution in [2.24, 2.45) is 17.3 Å². The zero-order chi connectivity index (χ0) is 20.3. The Morgan fingerprint density at radius 2 is 1.72 bits per heavy atom. The first kappa shape index (κ1) is 19.0. The minimum Gasteiger partial charge on any atom is -0.508 e. The minimum atomic E-state index is -0.161. The molecule has 0 saturated heterocycles. The van der Waals surface area contributed by atoms with Crippen LogP contribution in [0.5, 0.6) is 5.75 Å². The Bertz CT molecular complexity index is 905. The van der Waals surface area contributed by atoms with Crippen LogP contribution in [0.4, 0.5) is 5.69 Å². The van der Waals surface area contributed by atoms with Gasteiger partial charge in [0.2, 0.25) is 0 Å². The van der Waals surface area contributed by atoms with Gasteiger partial charge in [0.05, 0.1) is 6.10 Å². The molecule has 154 valence electrons. The number of aliphatic hydroxyl groups is 1. The Balaban J connectivity index is 1.60. The summed E-state index contributed by atoms with van der Waals surface area (Å²) in [4.78, 5) is 2.14. The van der Waals surface area contributed by atoms with Crippen LogP contribution in [0.15, 0.2) is 42.5 Å². The zero-order valence-electron chi connectivity index (χ0n) is 17.8. The summed E-state index contributed by atoms with van der Waals surface area (Å²) in [6.45, 7) is 2.34. The molecule has 2 N–H and O–H groups in total. The molecule has 0 amide bonds. The Morgan fingerprint density at radius 1 is 0.966 bits per heavy atom. The number of benzene rings is 2. The van der Waals surface area contributed by atoms with Crippen LogP contribution < -0.4 is 4.90 Å². The molecular weight excluding hydrogens is 358 g/mol. The third-order valence-electron chi connectivity index (χ3n) is 8.55. The standard InChI is InChI=1S/C26H33NO2/c1-26-13-12-21-20-9-8-19(28)14-17(20)15-22(25(21)23(26)10-11-24(26)29)16-4-6-18(7-5-16)27(2)3/h4-9,14,21-25,28-29H,10-13,15H2,1-3H3/t21-,22+,23+,24+,25+,26+/m1/s1. The summed E-state index contributed by atoms with van der Waals surface area (Å²) in [6, 6.07) is 15.1. The Labute approximate surface area is 174 Å². The van der Waals surface area contributed by atoms with Gasteiger partial charge in [-0.1, -0.05) is 25.1 Å². The van der Waals surface area contributed by atoms with E-state index in [1.54, 1.807) is 0 Å². The molecule has 29 heavy (non-hydrogen) atoms. The van der Waals surface area contributed by atoms with Gasteiger partial charge in [-0.05, 0) is 102 Å². The molecule has 2 aromatic rings. The van der Waals surface area contributed by atoms with E-state index < -0.39 is 0 Å². The second kappa shape index (κ2) is 6.77. The van der Waals surface area contributed by atoms with Crippen LogP contribution in [0.3, 0.4) is 0 Å². The van der Waals surface area contributed by atoms with Crippen molar-refractivity contribution in [2.75, 3.05) is 19.0 Å². The highest BCUT2D eigenvalue weighted by Crippen LogP contribution is 2.63. The Morgan fingerprint density at radius 3 is 2.45 bits per heavy atom. The quantitative estimate of drug-likeness (QED) is 0.751. The summed E-state index contributed by atoms with van der Waals surface area (Å²) in [5.74, 6) is 2.48. The first-order valence-electron chi connectivity index (χ1n) is 11.2. The van der Waals surface area contributed by atoms with Gasteiger partial charge in [-0.2, -0.15) is 0 Å². The second-order valence-corrected chi connectivity index (χ2v) is 10.1. The second-order valence-electron chi connectivity index (χ2n) is 10.1. The smallest absolute Gasteiger partial charge is 0.115 e. The number of hydrogen-bond acceptors (Lipinski definition) is 3. The highest BCUT2D eigenvalue weighted by Gasteiger charge is 2.56. The molecule has 0 spiro atoms. The molecule has 3 aliphatic carbocycles. The van der Waals surface area contributed by atoms with E-state index in [0.717, 1.165) is 32.1 Å². The number of phenols is 1. The number of fused-ring (bicyclic) bond motifs is 5. The number of nitrogens with zero attached hydrogens (tertiary/aromatic N) is 1. The fourth-order valence-electron chi connectivity index (χ4n) is 6.95. The van der Waals surface area contributed by atoms with Crippen LogP contribution in [0.2, 0.25) is 0 Å². The third-order valence-corrected chi connectivity index (χ3v) is 8.55. The largest absolute Gasteiger partial charge is 0.508 e. The van der Waals surface area contributed by atoms with E-state index in [1.807, 2.05) is 12.1 Å². The van der Waals surface area contributed by atoms with Crippen LogP contribution >= 0.6 is 0 Å². The van der Waals surface area contributed by atoms with E-state index in [4.69, 9.17) is 0 Å². The molecule has 2 saturated carbocycles. The van der Waals surface area contributed by atoms with Gasteiger partial charge in [-0.25, -0.2) is 0 Å². The summed E-state index contributed by atoms with van der Waals surface area (Å²) in [7, 11) is 4.16. The van der Waals surface area contributed by atoms with E-state index in [-0.39, 0.29) is 11.5 Å². The summed E-state index contributed by atoms with van der Waals surface area (Å²) in [5.41, 5.74) is 5.44. The summed E-state index contributed by atoms with van der Waals surface area (Å²) < 4.78 is 0. The van der Waals surface area contributed by atoms with Gasteiger partial charge in [0.15, 0.2) is 0 Å². The van der Waals surface area contributed by atoms with Crippen LogP contribution in [0.1, 0.15) is 61.1 Å². The molecule has 3 heteroatoms. The lowest BCUT2D eigenvalue weighted by molar-refractivity contribution is -0.0282. The summed E-state index contributed by atoms with van der Waals surface area (Å²) >= 11 is 0. The van der Waals surface area contributed by atoms with Gasteiger partial charge in [-0.3, -0.25) is 0 Å². The van der Waals surface area contributed by atoms with Crippen LogP contribution in [0.25, 0.3) is 0 Å². The maximum Gasteiger partial charge on any atom is 0.115 e. The summed E-state index contributed by atoms with van der Waals surface area (Å²) in [5, 5.41) is 20.9.